The lowest BCUT2D eigenvalue weighted by molar-refractivity contribution is 0.0664. The van der Waals surface area contributed by atoms with Gasteiger partial charge in [-0.25, -0.2) is 14.5 Å². The van der Waals surface area contributed by atoms with E-state index < -0.39 is 0 Å². The Kier molecular flexibility index (Phi) is 4.94. The number of nitriles is 1. The van der Waals surface area contributed by atoms with Crippen LogP contribution in [-0.2, 0) is 0 Å². The molecule has 154 valence electrons. The molecule has 1 aromatic carbocycles. The third-order valence-corrected chi connectivity index (χ3v) is 6.40. The smallest absolute Gasteiger partial charge is 0.253 e. The average Bonchev–Trinajstić information content (AvgIpc) is 3.40. The van der Waals surface area contributed by atoms with Crippen molar-refractivity contribution in [2.45, 2.75) is 0 Å². The van der Waals surface area contributed by atoms with Crippen LogP contribution in [0.1, 0.15) is 16.1 Å². The van der Waals surface area contributed by atoms with Crippen LogP contribution in [-0.4, -0.2) is 68.5 Å². The van der Waals surface area contributed by atoms with Gasteiger partial charge in [0.25, 0.3) is 5.91 Å². The van der Waals surface area contributed by atoms with E-state index in [4.69, 9.17) is 10.4 Å². The molecule has 8 nitrogen and oxygen atoms in total. The van der Waals surface area contributed by atoms with Crippen LogP contribution < -0.4 is 0 Å². The van der Waals surface area contributed by atoms with Crippen molar-refractivity contribution < 1.29 is 4.79 Å². The predicted molar refractivity (Wildman–Crippen MR) is 118 cm³/mol. The van der Waals surface area contributed by atoms with Crippen molar-refractivity contribution in [2.75, 3.05) is 33.2 Å². The molecule has 5 rings (SSSR count). The Morgan fingerprint density at radius 1 is 1.00 bits per heavy atom. The van der Waals surface area contributed by atoms with Crippen LogP contribution in [0, 0.1) is 11.3 Å². The molecule has 1 aliphatic heterocycles. The molecule has 0 unspecified atom stereocenters. The van der Waals surface area contributed by atoms with Gasteiger partial charge < -0.3 is 9.80 Å². The molecule has 0 radical (unpaired) electrons. The van der Waals surface area contributed by atoms with E-state index >= 15 is 0 Å². The van der Waals surface area contributed by atoms with Crippen molar-refractivity contribution in [3.05, 3.63) is 60.0 Å². The molecule has 0 atom stereocenters. The van der Waals surface area contributed by atoms with Gasteiger partial charge in [-0.2, -0.15) is 10.4 Å². The molecule has 3 aromatic heterocycles. The summed E-state index contributed by atoms with van der Waals surface area (Å²) in [4.78, 5) is 26.2. The third-order valence-electron chi connectivity index (χ3n) is 5.43. The van der Waals surface area contributed by atoms with Gasteiger partial charge >= 0.3 is 0 Å². The molecule has 0 bridgehead atoms. The van der Waals surface area contributed by atoms with Crippen molar-refractivity contribution in [1.82, 2.24) is 29.4 Å². The van der Waals surface area contributed by atoms with Gasteiger partial charge in [0.15, 0.2) is 0 Å². The molecule has 4 heterocycles. The molecule has 0 N–H and O–H groups in total. The lowest BCUT2D eigenvalue weighted by atomic mass is 10.1. The van der Waals surface area contributed by atoms with Gasteiger partial charge in [-0.1, -0.05) is 23.5 Å². The van der Waals surface area contributed by atoms with Gasteiger partial charge in [0.2, 0.25) is 4.96 Å². The molecule has 1 saturated heterocycles. The standard InChI is InChI=1S/C22H19N7OS/c1-27-8-10-28(11-9-27)21(30)16-4-2-15(3-5-16)20-26-29-19(14-25-22(29)31-20)17-6-7-18(12-23)24-13-17/h2-7,13-14H,8-11H2,1H3. The van der Waals surface area contributed by atoms with Gasteiger partial charge in [0.05, 0.1) is 11.9 Å². The lowest BCUT2D eigenvalue weighted by Crippen LogP contribution is -2.47. The van der Waals surface area contributed by atoms with Crippen molar-refractivity contribution in [2.24, 2.45) is 0 Å². The molecule has 1 aliphatic rings. The van der Waals surface area contributed by atoms with E-state index in [9.17, 15) is 4.79 Å². The molecule has 0 spiro atoms. The highest BCUT2D eigenvalue weighted by atomic mass is 32.1. The summed E-state index contributed by atoms with van der Waals surface area (Å²) in [6, 6.07) is 13.1. The molecule has 0 aliphatic carbocycles. The Bertz CT molecular complexity index is 1280. The lowest BCUT2D eigenvalue weighted by Gasteiger charge is -2.32. The number of nitrogens with zero attached hydrogens (tertiary/aromatic N) is 7. The molecule has 0 saturated carbocycles. The second-order valence-electron chi connectivity index (χ2n) is 7.46. The van der Waals surface area contributed by atoms with E-state index in [0.717, 1.165) is 53.0 Å². The Morgan fingerprint density at radius 2 is 1.74 bits per heavy atom. The number of rotatable bonds is 3. The van der Waals surface area contributed by atoms with E-state index in [1.807, 2.05) is 41.3 Å². The minimum absolute atomic E-state index is 0.0733. The van der Waals surface area contributed by atoms with Crippen LogP contribution in [0.25, 0.3) is 26.8 Å². The number of aromatic nitrogens is 4. The number of hydrogen-bond donors (Lipinski definition) is 0. The molecule has 1 fully saturated rings. The summed E-state index contributed by atoms with van der Waals surface area (Å²) in [7, 11) is 2.07. The number of amides is 1. The van der Waals surface area contributed by atoms with Gasteiger partial charge in [-0.05, 0) is 31.3 Å². The fraction of sp³-hybridized carbons (Fsp3) is 0.227. The van der Waals surface area contributed by atoms with Crippen molar-refractivity contribution >= 4 is 22.2 Å². The van der Waals surface area contributed by atoms with E-state index in [-0.39, 0.29) is 5.91 Å². The minimum Gasteiger partial charge on any atom is -0.336 e. The Labute approximate surface area is 183 Å². The number of carbonyl (C=O) groups is 1. The maximum atomic E-state index is 12.8. The molecule has 31 heavy (non-hydrogen) atoms. The fourth-order valence-electron chi connectivity index (χ4n) is 3.57. The summed E-state index contributed by atoms with van der Waals surface area (Å²) in [6.45, 7) is 3.32. The van der Waals surface area contributed by atoms with Crippen LogP contribution >= 0.6 is 11.3 Å². The summed E-state index contributed by atoms with van der Waals surface area (Å²) < 4.78 is 1.78. The van der Waals surface area contributed by atoms with E-state index in [1.54, 1.807) is 23.0 Å². The number of likely N-dealkylation sites (N-methyl/N-ethyl adjacent to an activating group) is 1. The van der Waals surface area contributed by atoms with E-state index in [0.29, 0.717) is 11.3 Å². The number of carbonyl (C=O) groups excluding carboxylic acids is 1. The zero-order valence-electron chi connectivity index (χ0n) is 16.9. The highest BCUT2D eigenvalue weighted by molar-refractivity contribution is 7.19. The Hall–Kier alpha value is -3.61. The number of piperazine rings is 1. The summed E-state index contributed by atoms with van der Waals surface area (Å²) in [5.74, 6) is 0.0733. The molecular weight excluding hydrogens is 410 g/mol. The van der Waals surface area contributed by atoms with Crippen LogP contribution in [0.5, 0.6) is 0 Å². The Balaban J connectivity index is 1.39. The van der Waals surface area contributed by atoms with Gasteiger partial charge in [0.1, 0.15) is 16.8 Å². The first-order valence-electron chi connectivity index (χ1n) is 9.92. The second kappa shape index (κ2) is 7.91. The van der Waals surface area contributed by atoms with Gasteiger partial charge in [-0.15, -0.1) is 0 Å². The number of fused-ring (bicyclic) bond motifs is 1. The molecule has 9 heteroatoms. The first-order valence-corrected chi connectivity index (χ1v) is 10.7. The van der Waals surface area contributed by atoms with Crippen molar-refractivity contribution in [3.63, 3.8) is 0 Å². The van der Waals surface area contributed by atoms with Gasteiger partial charge in [-0.3, -0.25) is 4.79 Å². The molecule has 1 amide bonds. The fourth-order valence-corrected chi connectivity index (χ4v) is 4.45. The molecular formula is C22H19N7OS. The van der Waals surface area contributed by atoms with Crippen LogP contribution in [0.4, 0.5) is 0 Å². The second-order valence-corrected chi connectivity index (χ2v) is 8.42. The van der Waals surface area contributed by atoms with Crippen molar-refractivity contribution in [1.29, 1.82) is 5.26 Å². The zero-order valence-corrected chi connectivity index (χ0v) is 17.7. The predicted octanol–water partition coefficient (Wildman–Crippen LogP) is 2.78. The van der Waals surface area contributed by atoms with E-state index in [1.165, 1.54) is 11.3 Å². The minimum atomic E-state index is 0.0733. The molecule has 4 aromatic rings. The first-order chi connectivity index (χ1) is 15.1. The van der Waals surface area contributed by atoms with Crippen LogP contribution in [0.2, 0.25) is 0 Å². The summed E-state index contributed by atoms with van der Waals surface area (Å²) in [5.41, 5.74) is 3.66. The summed E-state index contributed by atoms with van der Waals surface area (Å²) in [5, 5.41) is 14.5. The average molecular weight is 430 g/mol. The van der Waals surface area contributed by atoms with Crippen molar-refractivity contribution in [3.8, 4) is 27.9 Å². The summed E-state index contributed by atoms with van der Waals surface area (Å²) in [6.07, 6.45) is 3.41. The summed E-state index contributed by atoms with van der Waals surface area (Å²) >= 11 is 1.48. The Morgan fingerprint density at radius 3 is 2.42 bits per heavy atom. The van der Waals surface area contributed by atoms with Gasteiger partial charge in [0, 0.05) is 49.1 Å². The SMILES string of the molecule is CN1CCN(C(=O)c2ccc(-c3nn4c(-c5ccc(C#N)nc5)cnc4s3)cc2)CC1. The highest BCUT2D eigenvalue weighted by Gasteiger charge is 2.20. The largest absolute Gasteiger partial charge is 0.336 e. The topological polar surface area (TPSA) is 90.4 Å². The number of benzene rings is 1. The van der Waals surface area contributed by atoms with E-state index in [2.05, 4.69) is 21.9 Å². The van der Waals surface area contributed by atoms with Crippen LogP contribution in [0.3, 0.4) is 0 Å². The highest BCUT2D eigenvalue weighted by Crippen LogP contribution is 2.29. The normalized spacial score (nSPS) is 14.6. The third kappa shape index (κ3) is 3.67. The zero-order chi connectivity index (χ0) is 21.4. The number of hydrogen-bond acceptors (Lipinski definition) is 7. The monoisotopic (exact) mass is 429 g/mol. The van der Waals surface area contributed by atoms with Crippen LogP contribution in [0.15, 0.2) is 48.8 Å². The maximum absolute atomic E-state index is 12.8. The quantitative estimate of drug-likeness (QED) is 0.497. The number of pyridine rings is 1. The number of imidazole rings is 1. The first kappa shape index (κ1) is 19.4. The maximum Gasteiger partial charge on any atom is 0.253 e.